The highest BCUT2D eigenvalue weighted by atomic mass is 16.2. The van der Waals surface area contributed by atoms with Crippen molar-refractivity contribution in [2.75, 3.05) is 20.6 Å². The van der Waals surface area contributed by atoms with E-state index in [1.165, 1.54) is 5.56 Å². The highest BCUT2D eigenvalue weighted by Crippen LogP contribution is 2.22. The maximum Gasteiger partial charge on any atom is 0.254 e. The second kappa shape index (κ2) is 6.29. The van der Waals surface area contributed by atoms with E-state index in [4.69, 9.17) is 0 Å². The van der Waals surface area contributed by atoms with Crippen LogP contribution in [0, 0.1) is 0 Å². The van der Waals surface area contributed by atoms with Crippen LogP contribution in [0.3, 0.4) is 0 Å². The number of nitrogens with zero attached hydrogens (tertiary/aromatic N) is 2. The van der Waals surface area contributed by atoms with Gasteiger partial charge < -0.3 is 9.80 Å². The zero-order valence-corrected chi connectivity index (χ0v) is 13.3. The summed E-state index contributed by atoms with van der Waals surface area (Å²) in [6, 6.07) is 7.42. The normalized spacial score (nSPS) is 18.1. The molecule has 1 unspecified atom stereocenters. The van der Waals surface area contributed by atoms with Crippen LogP contribution in [0.25, 0.3) is 0 Å². The molecule has 1 aliphatic rings. The third kappa shape index (κ3) is 3.26. The molecule has 0 aromatic heterocycles. The fraction of sp³-hybridized carbons (Fsp3) is 0.529. The Morgan fingerprint density at radius 1 is 1.19 bits per heavy atom. The number of likely N-dealkylation sites (tertiary alicyclic amines) is 1. The highest BCUT2D eigenvalue weighted by Gasteiger charge is 2.35. The Hall–Kier alpha value is -1.84. The molecular weight excluding hydrogens is 264 g/mol. The van der Waals surface area contributed by atoms with Crippen molar-refractivity contribution in [1.82, 2.24) is 9.80 Å². The molecule has 0 radical (unpaired) electrons. The molecule has 0 saturated carbocycles. The zero-order valence-electron chi connectivity index (χ0n) is 13.3. The van der Waals surface area contributed by atoms with Gasteiger partial charge in [-0.05, 0) is 36.5 Å². The number of amides is 2. The van der Waals surface area contributed by atoms with Crippen molar-refractivity contribution in [3.05, 3.63) is 35.4 Å². The van der Waals surface area contributed by atoms with E-state index in [-0.39, 0.29) is 17.9 Å². The average molecular weight is 288 g/mol. The molecule has 0 N–H and O–H groups in total. The molecule has 1 heterocycles. The predicted molar refractivity (Wildman–Crippen MR) is 83.3 cm³/mol. The van der Waals surface area contributed by atoms with Gasteiger partial charge in [0.2, 0.25) is 5.91 Å². The van der Waals surface area contributed by atoms with Crippen molar-refractivity contribution < 1.29 is 9.59 Å². The second-order valence-electron chi connectivity index (χ2n) is 6.17. The minimum Gasteiger partial charge on any atom is -0.347 e. The second-order valence-corrected chi connectivity index (χ2v) is 6.17. The van der Waals surface area contributed by atoms with Crippen LogP contribution in [-0.2, 0) is 4.79 Å². The topological polar surface area (TPSA) is 40.6 Å². The maximum atomic E-state index is 12.6. The Balaban J connectivity index is 2.16. The number of carbonyl (C=O) groups is 2. The van der Waals surface area contributed by atoms with E-state index in [0.29, 0.717) is 18.0 Å². The van der Waals surface area contributed by atoms with Gasteiger partial charge in [-0.3, -0.25) is 9.59 Å². The summed E-state index contributed by atoms with van der Waals surface area (Å²) in [5, 5.41) is 0. The van der Waals surface area contributed by atoms with Crippen LogP contribution in [0.2, 0.25) is 0 Å². The molecule has 4 nitrogen and oxygen atoms in total. The lowest BCUT2D eigenvalue weighted by Crippen LogP contribution is -2.45. The number of likely N-dealkylation sites (N-methyl/N-ethyl adjacent to an activating group) is 1. The van der Waals surface area contributed by atoms with Crippen molar-refractivity contribution >= 4 is 11.8 Å². The van der Waals surface area contributed by atoms with Gasteiger partial charge in [0.05, 0.1) is 0 Å². The Morgan fingerprint density at radius 2 is 1.81 bits per heavy atom. The molecule has 1 aromatic carbocycles. The molecule has 2 rings (SSSR count). The summed E-state index contributed by atoms with van der Waals surface area (Å²) in [4.78, 5) is 28.1. The minimum atomic E-state index is -0.308. The molecule has 1 saturated heterocycles. The van der Waals surface area contributed by atoms with Crippen LogP contribution in [0.1, 0.15) is 48.5 Å². The van der Waals surface area contributed by atoms with Crippen LogP contribution in [0.5, 0.6) is 0 Å². The number of carbonyl (C=O) groups excluding carboxylic acids is 2. The molecule has 21 heavy (non-hydrogen) atoms. The number of hydrogen-bond acceptors (Lipinski definition) is 2. The number of hydrogen-bond donors (Lipinski definition) is 0. The summed E-state index contributed by atoms with van der Waals surface area (Å²) in [6.45, 7) is 4.92. The summed E-state index contributed by atoms with van der Waals surface area (Å²) in [5.74, 6) is 0.423. The smallest absolute Gasteiger partial charge is 0.254 e. The first-order chi connectivity index (χ1) is 9.91. The molecule has 0 spiro atoms. The highest BCUT2D eigenvalue weighted by molar-refractivity contribution is 5.97. The zero-order chi connectivity index (χ0) is 15.6. The molecule has 1 fully saturated rings. The molecule has 114 valence electrons. The lowest BCUT2D eigenvalue weighted by atomic mass is 10.0. The maximum absolute atomic E-state index is 12.6. The van der Waals surface area contributed by atoms with Crippen LogP contribution >= 0.6 is 0 Å². The van der Waals surface area contributed by atoms with E-state index >= 15 is 0 Å². The Bertz CT molecular complexity index is 520. The summed E-state index contributed by atoms with van der Waals surface area (Å²) in [7, 11) is 3.47. The van der Waals surface area contributed by atoms with Crippen molar-refractivity contribution in [3.63, 3.8) is 0 Å². The van der Waals surface area contributed by atoms with Crippen molar-refractivity contribution in [3.8, 4) is 0 Å². The van der Waals surface area contributed by atoms with Gasteiger partial charge in [-0.2, -0.15) is 0 Å². The van der Waals surface area contributed by atoms with E-state index in [2.05, 4.69) is 13.8 Å². The molecule has 1 atom stereocenters. The van der Waals surface area contributed by atoms with Crippen molar-refractivity contribution in [1.29, 1.82) is 0 Å². The van der Waals surface area contributed by atoms with E-state index in [0.717, 1.165) is 12.8 Å². The van der Waals surface area contributed by atoms with Crippen LogP contribution < -0.4 is 0 Å². The Morgan fingerprint density at radius 3 is 2.33 bits per heavy atom. The Labute approximate surface area is 126 Å². The van der Waals surface area contributed by atoms with Gasteiger partial charge in [0, 0.05) is 26.2 Å². The molecule has 1 aliphatic heterocycles. The predicted octanol–water partition coefficient (Wildman–Crippen LogP) is 2.50. The number of benzene rings is 1. The first-order valence-corrected chi connectivity index (χ1v) is 7.54. The third-order valence-corrected chi connectivity index (χ3v) is 4.06. The SMILES string of the molecule is CC(C)c1ccc(C(=O)N2CCCC2C(=O)N(C)C)cc1. The van der Waals surface area contributed by atoms with Crippen LogP contribution in [-0.4, -0.2) is 48.3 Å². The van der Waals surface area contributed by atoms with Gasteiger partial charge in [-0.1, -0.05) is 26.0 Å². The van der Waals surface area contributed by atoms with Gasteiger partial charge in [-0.25, -0.2) is 0 Å². The fourth-order valence-corrected chi connectivity index (χ4v) is 2.74. The van der Waals surface area contributed by atoms with E-state index in [1.807, 2.05) is 24.3 Å². The number of rotatable bonds is 3. The summed E-state index contributed by atoms with van der Waals surface area (Å²) < 4.78 is 0. The molecule has 0 aliphatic carbocycles. The molecule has 4 heteroatoms. The van der Waals surface area contributed by atoms with Gasteiger partial charge in [0.15, 0.2) is 0 Å². The summed E-state index contributed by atoms with van der Waals surface area (Å²) >= 11 is 0. The Kier molecular flexibility index (Phi) is 4.66. The monoisotopic (exact) mass is 288 g/mol. The van der Waals surface area contributed by atoms with Gasteiger partial charge in [0.1, 0.15) is 6.04 Å². The van der Waals surface area contributed by atoms with Crippen molar-refractivity contribution in [2.45, 2.75) is 38.6 Å². The summed E-state index contributed by atoms with van der Waals surface area (Å²) in [6.07, 6.45) is 1.65. The fourth-order valence-electron chi connectivity index (χ4n) is 2.74. The first-order valence-electron chi connectivity index (χ1n) is 7.54. The van der Waals surface area contributed by atoms with Crippen LogP contribution in [0.15, 0.2) is 24.3 Å². The minimum absolute atomic E-state index is 0.0136. The van der Waals surface area contributed by atoms with Crippen LogP contribution in [0.4, 0.5) is 0 Å². The largest absolute Gasteiger partial charge is 0.347 e. The molecular formula is C17H24N2O2. The summed E-state index contributed by atoms with van der Waals surface area (Å²) in [5.41, 5.74) is 1.88. The van der Waals surface area contributed by atoms with Gasteiger partial charge >= 0.3 is 0 Å². The molecule has 1 aromatic rings. The third-order valence-electron chi connectivity index (χ3n) is 4.06. The molecule has 0 bridgehead atoms. The molecule has 2 amide bonds. The lowest BCUT2D eigenvalue weighted by molar-refractivity contribution is -0.132. The van der Waals surface area contributed by atoms with E-state index in [9.17, 15) is 9.59 Å². The lowest BCUT2D eigenvalue weighted by Gasteiger charge is -2.26. The van der Waals surface area contributed by atoms with Gasteiger partial charge in [-0.15, -0.1) is 0 Å². The van der Waals surface area contributed by atoms with E-state index < -0.39 is 0 Å². The van der Waals surface area contributed by atoms with Crippen molar-refractivity contribution in [2.24, 2.45) is 0 Å². The van der Waals surface area contributed by atoms with E-state index in [1.54, 1.807) is 23.9 Å². The first kappa shape index (κ1) is 15.5. The quantitative estimate of drug-likeness (QED) is 0.857. The average Bonchev–Trinajstić information content (AvgIpc) is 2.94. The standard InChI is InChI=1S/C17H24N2O2/c1-12(2)13-7-9-14(10-8-13)16(20)19-11-5-6-15(19)17(21)18(3)4/h7-10,12,15H,5-6,11H2,1-4H3. The van der Waals surface area contributed by atoms with Gasteiger partial charge in [0.25, 0.3) is 5.91 Å².